The van der Waals surface area contributed by atoms with Crippen LogP contribution < -0.4 is 10.1 Å². The van der Waals surface area contributed by atoms with Crippen molar-refractivity contribution in [1.82, 2.24) is 15.1 Å². The number of ether oxygens (including phenoxy) is 2. The number of carbonyl (C=O) groups is 1. The number of carbonyl (C=O) groups excluding carboxylic acids is 1. The maximum absolute atomic E-state index is 12.6. The number of likely N-dealkylation sites (tertiary alicyclic amines) is 1. The third-order valence-corrected chi connectivity index (χ3v) is 6.09. The summed E-state index contributed by atoms with van der Waals surface area (Å²) >= 11 is 1.40. The predicted octanol–water partition coefficient (Wildman–Crippen LogP) is 4.35. The van der Waals surface area contributed by atoms with E-state index in [1.807, 2.05) is 47.4 Å². The van der Waals surface area contributed by atoms with Gasteiger partial charge in [0.1, 0.15) is 10.8 Å². The van der Waals surface area contributed by atoms with Gasteiger partial charge in [-0.3, -0.25) is 5.32 Å². The second-order valence-corrected chi connectivity index (χ2v) is 8.50. The number of urea groups is 1. The number of benzene rings is 2. The Morgan fingerprint density at radius 1 is 1.06 bits per heavy atom. The third kappa shape index (κ3) is 6.02. The number of rotatable bonds is 7. The molecule has 0 aliphatic carbocycles. The average Bonchev–Trinajstić information content (AvgIpc) is 3.25. The molecule has 2 amide bonds. The van der Waals surface area contributed by atoms with Crippen molar-refractivity contribution in [3.63, 3.8) is 0 Å². The Hall–Kier alpha value is -2.97. The van der Waals surface area contributed by atoms with Gasteiger partial charge in [-0.1, -0.05) is 53.8 Å². The SMILES string of the molecule is COc1ccc(Cc2nnc(NC(=O)N3CCC(OCc4ccccc4)CC3)s2)cc1. The number of piperidine rings is 1. The van der Waals surface area contributed by atoms with Gasteiger partial charge < -0.3 is 14.4 Å². The van der Waals surface area contributed by atoms with Crippen molar-refractivity contribution in [3.05, 3.63) is 70.7 Å². The Bertz CT molecular complexity index is 970. The van der Waals surface area contributed by atoms with Crippen LogP contribution in [0.2, 0.25) is 0 Å². The zero-order chi connectivity index (χ0) is 21.5. The molecule has 0 radical (unpaired) electrons. The van der Waals surface area contributed by atoms with Crippen LogP contribution in [0.4, 0.5) is 9.93 Å². The van der Waals surface area contributed by atoms with Gasteiger partial charge in [0.2, 0.25) is 5.13 Å². The molecule has 1 aliphatic heterocycles. The Kier molecular flexibility index (Phi) is 7.11. The van der Waals surface area contributed by atoms with Crippen LogP contribution in [0.25, 0.3) is 0 Å². The first-order valence-electron chi connectivity index (χ1n) is 10.4. The van der Waals surface area contributed by atoms with Crippen molar-refractivity contribution in [1.29, 1.82) is 0 Å². The molecule has 31 heavy (non-hydrogen) atoms. The number of nitrogens with zero attached hydrogens (tertiary/aromatic N) is 3. The molecule has 1 saturated heterocycles. The van der Waals surface area contributed by atoms with E-state index in [0.29, 0.717) is 31.2 Å². The molecule has 1 aromatic heterocycles. The fraction of sp³-hybridized carbons (Fsp3) is 0.348. The lowest BCUT2D eigenvalue weighted by Crippen LogP contribution is -2.43. The monoisotopic (exact) mass is 438 g/mol. The number of hydrogen-bond donors (Lipinski definition) is 1. The first-order valence-corrected chi connectivity index (χ1v) is 11.2. The van der Waals surface area contributed by atoms with Crippen LogP contribution in [0.3, 0.4) is 0 Å². The molecule has 1 fully saturated rings. The van der Waals surface area contributed by atoms with Crippen LogP contribution in [0.15, 0.2) is 54.6 Å². The van der Waals surface area contributed by atoms with Gasteiger partial charge >= 0.3 is 6.03 Å². The lowest BCUT2D eigenvalue weighted by molar-refractivity contribution is 0.00540. The van der Waals surface area contributed by atoms with Gasteiger partial charge in [-0.15, -0.1) is 10.2 Å². The van der Waals surface area contributed by atoms with Gasteiger partial charge in [0.05, 0.1) is 19.8 Å². The largest absolute Gasteiger partial charge is 0.497 e. The number of hydrogen-bond acceptors (Lipinski definition) is 6. The zero-order valence-electron chi connectivity index (χ0n) is 17.5. The number of amides is 2. The van der Waals surface area contributed by atoms with Crippen LogP contribution in [0, 0.1) is 0 Å². The molecule has 0 atom stereocenters. The Balaban J connectivity index is 1.22. The van der Waals surface area contributed by atoms with Gasteiger partial charge in [-0.2, -0.15) is 0 Å². The molecule has 2 heterocycles. The summed E-state index contributed by atoms with van der Waals surface area (Å²) in [5.74, 6) is 0.822. The van der Waals surface area contributed by atoms with E-state index in [9.17, 15) is 4.79 Å². The molecule has 7 nitrogen and oxygen atoms in total. The first-order chi connectivity index (χ1) is 15.2. The molecular formula is C23H26N4O3S. The van der Waals surface area contributed by atoms with Crippen molar-refractivity contribution in [2.24, 2.45) is 0 Å². The van der Waals surface area contributed by atoms with Crippen molar-refractivity contribution in [2.45, 2.75) is 32.0 Å². The highest BCUT2D eigenvalue weighted by molar-refractivity contribution is 7.15. The van der Waals surface area contributed by atoms with E-state index in [2.05, 4.69) is 27.6 Å². The smallest absolute Gasteiger partial charge is 0.323 e. The van der Waals surface area contributed by atoms with E-state index >= 15 is 0 Å². The molecule has 1 aliphatic rings. The Labute approximate surface area is 186 Å². The molecule has 0 saturated carbocycles. The molecule has 0 spiro atoms. The van der Waals surface area contributed by atoms with E-state index in [-0.39, 0.29) is 12.1 Å². The van der Waals surface area contributed by atoms with Crippen LogP contribution in [-0.2, 0) is 17.8 Å². The van der Waals surface area contributed by atoms with Gasteiger partial charge in [0, 0.05) is 19.5 Å². The minimum Gasteiger partial charge on any atom is -0.497 e. The fourth-order valence-corrected chi connectivity index (χ4v) is 4.24. The summed E-state index contributed by atoms with van der Waals surface area (Å²) in [6, 6.07) is 17.9. The van der Waals surface area contributed by atoms with E-state index in [0.717, 1.165) is 29.2 Å². The first kappa shape index (κ1) is 21.3. The number of aromatic nitrogens is 2. The average molecular weight is 439 g/mol. The second-order valence-electron chi connectivity index (χ2n) is 7.44. The molecular weight excluding hydrogens is 412 g/mol. The molecule has 1 N–H and O–H groups in total. The summed E-state index contributed by atoms with van der Waals surface area (Å²) in [5, 5.41) is 12.6. The van der Waals surface area contributed by atoms with Crippen molar-refractivity contribution in [3.8, 4) is 5.75 Å². The highest BCUT2D eigenvalue weighted by Gasteiger charge is 2.24. The standard InChI is InChI=1S/C23H26N4O3S/c1-29-19-9-7-17(8-10-19)15-21-25-26-22(31-21)24-23(28)27-13-11-20(12-14-27)30-16-18-5-3-2-4-6-18/h2-10,20H,11-16H2,1H3,(H,24,26,28). The normalized spacial score (nSPS) is 14.4. The topological polar surface area (TPSA) is 76.6 Å². The second kappa shape index (κ2) is 10.4. The Morgan fingerprint density at radius 3 is 2.52 bits per heavy atom. The summed E-state index contributed by atoms with van der Waals surface area (Å²) < 4.78 is 11.2. The Morgan fingerprint density at radius 2 is 1.81 bits per heavy atom. The fourth-order valence-electron chi connectivity index (χ4n) is 3.48. The van der Waals surface area contributed by atoms with Gasteiger partial charge in [0.15, 0.2) is 0 Å². The van der Waals surface area contributed by atoms with Crippen molar-refractivity contribution < 1.29 is 14.3 Å². The summed E-state index contributed by atoms with van der Waals surface area (Å²) in [6.07, 6.45) is 2.52. The summed E-state index contributed by atoms with van der Waals surface area (Å²) in [6.45, 7) is 1.95. The summed E-state index contributed by atoms with van der Waals surface area (Å²) in [4.78, 5) is 14.4. The van der Waals surface area contributed by atoms with Gasteiger partial charge in [-0.25, -0.2) is 4.79 Å². The number of nitrogens with one attached hydrogen (secondary N) is 1. The molecule has 162 valence electrons. The van der Waals surface area contributed by atoms with Crippen molar-refractivity contribution >= 4 is 22.5 Å². The maximum Gasteiger partial charge on any atom is 0.323 e. The van der Waals surface area contributed by atoms with Gasteiger partial charge in [-0.05, 0) is 36.1 Å². The molecule has 4 rings (SSSR count). The predicted molar refractivity (Wildman–Crippen MR) is 121 cm³/mol. The van der Waals surface area contributed by atoms with Crippen LogP contribution in [0.5, 0.6) is 5.75 Å². The molecule has 0 unspecified atom stereocenters. The van der Waals surface area contributed by atoms with Crippen LogP contribution >= 0.6 is 11.3 Å². The number of methoxy groups -OCH3 is 1. The maximum atomic E-state index is 12.6. The lowest BCUT2D eigenvalue weighted by atomic mass is 10.1. The van der Waals surface area contributed by atoms with E-state index in [1.165, 1.54) is 16.9 Å². The van der Waals surface area contributed by atoms with E-state index in [1.54, 1.807) is 7.11 Å². The van der Waals surface area contributed by atoms with E-state index in [4.69, 9.17) is 9.47 Å². The quantitative estimate of drug-likeness (QED) is 0.593. The van der Waals surface area contributed by atoms with E-state index < -0.39 is 0 Å². The highest BCUT2D eigenvalue weighted by Crippen LogP contribution is 2.22. The minimum absolute atomic E-state index is 0.131. The number of anilines is 1. The molecule has 3 aromatic rings. The molecule has 8 heteroatoms. The highest BCUT2D eigenvalue weighted by atomic mass is 32.1. The van der Waals surface area contributed by atoms with Crippen LogP contribution in [0.1, 0.15) is 29.0 Å². The zero-order valence-corrected chi connectivity index (χ0v) is 18.3. The van der Waals surface area contributed by atoms with Gasteiger partial charge in [0.25, 0.3) is 0 Å². The third-order valence-electron chi connectivity index (χ3n) is 5.25. The van der Waals surface area contributed by atoms with Crippen molar-refractivity contribution in [2.75, 3.05) is 25.5 Å². The summed E-state index contributed by atoms with van der Waals surface area (Å²) in [7, 11) is 1.65. The molecule has 0 bridgehead atoms. The summed E-state index contributed by atoms with van der Waals surface area (Å²) in [5.41, 5.74) is 2.29. The van der Waals surface area contributed by atoms with Crippen LogP contribution in [-0.4, -0.2) is 47.4 Å². The minimum atomic E-state index is -0.131. The lowest BCUT2D eigenvalue weighted by Gasteiger charge is -2.31. The molecule has 2 aromatic carbocycles.